The van der Waals surface area contributed by atoms with Gasteiger partial charge in [-0.05, 0) is 12.8 Å². The highest BCUT2D eigenvalue weighted by molar-refractivity contribution is 5.74. The molecule has 0 radical (unpaired) electrons. The van der Waals surface area contributed by atoms with E-state index < -0.39 is 19.0 Å². The van der Waals surface area contributed by atoms with E-state index in [2.05, 4.69) is 15.4 Å². The minimum Gasteiger partial charge on any atom is -0.395 e. The van der Waals surface area contributed by atoms with E-state index in [1.807, 2.05) is 13.8 Å². The van der Waals surface area contributed by atoms with Crippen LogP contribution in [0.3, 0.4) is 0 Å². The van der Waals surface area contributed by atoms with E-state index in [9.17, 15) is 13.6 Å². The van der Waals surface area contributed by atoms with Crippen LogP contribution in [0, 0.1) is 0 Å². The Kier molecular flexibility index (Phi) is 5.86. The van der Waals surface area contributed by atoms with E-state index in [4.69, 9.17) is 5.11 Å². The maximum Gasteiger partial charge on any atom is 0.318 e. The zero-order valence-electron chi connectivity index (χ0n) is 13.4. The highest BCUT2D eigenvalue weighted by Crippen LogP contribution is 2.25. The molecular formula is C14H23F2N5O2. The summed E-state index contributed by atoms with van der Waals surface area (Å²) in [5.74, 6) is 1.55. The molecule has 1 aliphatic rings. The maximum atomic E-state index is 12.5. The molecule has 0 spiro atoms. The predicted octanol–water partition coefficient (Wildman–Crippen LogP) is 1.51. The van der Waals surface area contributed by atoms with Crippen molar-refractivity contribution in [3.8, 4) is 0 Å². The summed E-state index contributed by atoms with van der Waals surface area (Å²) in [4.78, 5) is 17.6. The molecule has 2 N–H and O–H groups in total. The number of aromatic nitrogens is 3. The maximum absolute atomic E-state index is 12.5. The van der Waals surface area contributed by atoms with Crippen molar-refractivity contribution in [1.29, 1.82) is 0 Å². The standard InChI is InChI=1S/C14H23F2N5O2/c1-9(2)12-18-13-10(4-3-5-21(13)19-12)17-14(23)20(6-7-22)8-11(15)16/h9-11,22H,3-8H2,1-2H3,(H,17,23)/t10-/m1/s1. The van der Waals surface area contributed by atoms with Gasteiger partial charge in [0.25, 0.3) is 6.43 Å². The van der Waals surface area contributed by atoms with Gasteiger partial charge < -0.3 is 15.3 Å². The lowest BCUT2D eigenvalue weighted by Crippen LogP contribution is -2.46. The fourth-order valence-corrected chi connectivity index (χ4v) is 2.55. The van der Waals surface area contributed by atoms with Crippen molar-refractivity contribution in [2.75, 3.05) is 19.7 Å². The van der Waals surface area contributed by atoms with E-state index in [1.54, 1.807) is 4.68 Å². The van der Waals surface area contributed by atoms with Gasteiger partial charge in [-0.25, -0.2) is 23.2 Å². The third-order valence-electron chi connectivity index (χ3n) is 3.72. The van der Waals surface area contributed by atoms with Crippen molar-refractivity contribution in [3.05, 3.63) is 11.6 Å². The number of aliphatic hydroxyl groups excluding tert-OH is 1. The molecule has 0 aromatic carbocycles. The molecule has 0 fully saturated rings. The lowest BCUT2D eigenvalue weighted by atomic mass is 10.1. The number of urea groups is 1. The van der Waals surface area contributed by atoms with Crippen molar-refractivity contribution < 1.29 is 18.7 Å². The van der Waals surface area contributed by atoms with Crippen LogP contribution in [-0.4, -0.2) is 56.9 Å². The molecule has 9 heteroatoms. The molecule has 0 aliphatic carbocycles. The van der Waals surface area contributed by atoms with E-state index in [0.717, 1.165) is 17.9 Å². The number of nitrogens with one attached hydrogen (secondary N) is 1. The third kappa shape index (κ3) is 4.37. The second-order valence-electron chi connectivity index (χ2n) is 5.91. The number of nitrogens with zero attached hydrogens (tertiary/aromatic N) is 4. The van der Waals surface area contributed by atoms with Crippen LogP contribution < -0.4 is 5.32 Å². The van der Waals surface area contributed by atoms with Crippen LogP contribution >= 0.6 is 0 Å². The van der Waals surface area contributed by atoms with Gasteiger partial charge in [0.1, 0.15) is 5.82 Å². The van der Waals surface area contributed by atoms with E-state index in [1.165, 1.54) is 0 Å². The molecule has 2 amide bonds. The van der Waals surface area contributed by atoms with Gasteiger partial charge in [0.2, 0.25) is 0 Å². The number of alkyl halides is 2. The Bertz CT molecular complexity index is 535. The number of hydrogen-bond acceptors (Lipinski definition) is 4. The summed E-state index contributed by atoms with van der Waals surface area (Å²) in [6.07, 6.45) is -1.13. The number of halogens is 2. The molecule has 0 saturated carbocycles. The first-order chi connectivity index (χ1) is 10.9. The van der Waals surface area contributed by atoms with Crippen molar-refractivity contribution >= 4 is 6.03 Å². The number of aryl methyl sites for hydroxylation is 1. The van der Waals surface area contributed by atoms with Gasteiger partial charge in [0, 0.05) is 19.0 Å². The molecule has 1 atom stereocenters. The average Bonchev–Trinajstić information content (AvgIpc) is 2.91. The summed E-state index contributed by atoms with van der Waals surface area (Å²) in [6, 6.07) is -0.970. The molecule has 7 nitrogen and oxygen atoms in total. The fourth-order valence-electron chi connectivity index (χ4n) is 2.55. The summed E-state index contributed by atoms with van der Waals surface area (Å²) in [6.45, 7) is 3.51. The number of rotatable bonds is 6. The summed E-state index contributed by atoms with van der Waals surface area (Å²) in [7, 11) is 0. The molecule has 2 heterocycles. The second-order valence-corrected chi connectivity index (χ2v) is 5.91. The van der Waals surface area contributed by atoms with Crippen LogP contribution in [0.15, 0.2) is 0 Å². The molecule has 1 aromatic heterocycles. The molecule has 23 heavy (non-hydrogen) atoms. The minimum absolute atomic E-state index is 0.132. The Balaban J connectivity index is 2.09. The fraction of sp³-hybridized carbons (Fsp3) is 0.786. The monoisotopic (exact) mass is 331 g/mol. The van der Waals surface area contributed by atoms with Gasteiger partial charge in [-0.3, -0.25) is 0 Å². The Labute approximate surface area is 133 Å². The molecule has 0 saturated heterocycles. The minimum atomic E-state index is -2.64. The van der Waals surface area contributed by atoms with Crippen LogP contribution in [0.4, 0.5) is 13.6 Å². The smallest absolute Gasteiger partial charge is 0.318 e. The van der Waals surface area contributed by atoms with Crippen LogP contribution in [0.1, 0.15) is 50.3 Å². The number of amides is 2. The number of fused-ring (bicyclic) bond motifs is 1. The molecule has 0 bridgehead atoms. The number of hydrogen-bond donors (Lipinski definition) is 2. The second kappa shape index (κ2) is 7.67. The Morgan fingerprint density at radius 2 is 2.26 bits per heavy atom. The van der Waals surface area contributed by atoms with Gasteiger partial charge in [-0.15, -0.1) is 0 Å². The molecular weight excluding hydrogens is 308 g/mol. The lowest BCUT2D eigenvalue weighted by Gasteiger charge is -2.27. The van der Waals surface area contributed by atoms with Gasteiger partial charge in [-0.1, -0.05) is 13.8 Å². The molecule has 0 unspecified atom stereocenters. The number of carbonyl (C=O) groups excluding carboxylic acids is 1. The SMILES string of the molecule is CC(C)c1nc2n(n1)CCC[C@H]2NC(=O)N(CCO)CC(F)F. The van der Waals surface area contributed by atoms with Gasteiger partial charge >= 0.3 is 6.03 Å². The summed E-state index contributed by atoms with van der Waals surface area (Å²) in [5.41, 5.74) is 0. The van der Waals surface area contributed by atoms with Gasteiger partial charge in [0.05, 0.1) is 19.2 Å². The van der Waals surface area contributed by atoms with E-state index >= 15 is 0 Å². The lowest BCUT2D eigenvalue weighted by molar-refractivity contribution is 0.0887. The Morgan fingerprint density at radius 1 is 1.52 bits per heavy atom. The topological polar surface area (TPSA) is 83.3 Å². The Hall–Kier alpha value is -1.77. The molecule has 1 aromatic rings. The van der Waals surface area contributed by atoms with Crippen LogP contribution in [0.25, 0.3) is 0 Å². The first-order valence-corrected chi connectivity index (χ1v) is 7.81. The first kappa shape index (κ1) is 17.6. The average molecular weight is 331 g/mol. The van der Waals surface area contributed by atoms with Crippen LogP contribution in [-0.2, 0) is 6.54 Å². The van der Waals surface area contributed by atoms with E-state index in [-0.39, 0.29) is 25.1 Å². The summed E-state index contributed by atoms with van der Waals surface area (Å²) in [5, 5.41) is 16.1. The van der Waals surface area contributed by atoms with Crippen molar-refractivity contribution in [2.45, 2.75) is 51.6 Å². The zero-order chi connectivity index (χ0) is 17.0. The normalized spacial score (nSPS) is 17.4. The van der Waals surface area contributed by atoms with Crippen molar-refractivity contribution in [3.63, 3.8) is 0 Å². The van der Waals surface area contributed by atoms with Crippen LogP contribution in [0.5, 0.6) is 0 Å². The highest BCUT2D eigenvalue weighted by atomic mass is 19.3. The van der Waals surface area contributed by atoms with E-state index in [0.29, 0.717) is 18.1 Å². The third-order valence-corrected chi connectivity index (χ3v) is 3.72. The highest BCUT2D eigenvalue weighted by Gasteiger charge is 2.28. The van der Waals surface area contributed by atoms with Crippen molar-refractivity contribution in [2.24, 2.45) is 0 Å². The van der Waals surface area contributed by atoms with Gasteiger partial charge in [-0.2, -0.15) is 5.10 Å². The summed E-state index contributed by atoms with van der Waals surface area (Å²) < 4.78 is 26.9. The summed E-state index contributed by atoms with van der Waals surface area (Å²) >= 11 is 0. The Morgan fingerprint density at radius 3 is 2.87 bits per heavy atom. The van der Waals surface area contributed by atoms with Crippen LogP contribution in [0.2, 0.25) is 0 Å². The molecule has 1 aliphatic heterocycles. The number of carbonyl (C=O) groups is 1. The van der Waals surface area contributed by atoms with Crippen molar-refractivity contribution in [1.82, 2.24) is 25.0 Å². The quantitative estimate of drug-likeness (QED) is 0.827. The predicted molar refractivity (Wildman–Crippen MR) is 79.3 cm³/mol. The first-order valence-electron chi connectivity index (χ1n) is 7.81. The largest absolute Gasteiger partial charge is 0.395 e. The molecule has 2 rings (SSSR count). The molecule has 130 valence electrons. The van der Waals surface area contributed by atoms with Gasteiger partial charge in [0.15, 0.2) is 5.82 Å². The number of aliphatic hydroxyl groups is 1. The zero-order valence-corrected chi connectivity index (χ0v) is 13.4.